The van der Waals surface area contributed by atoms with Crippen LogP contribution >= 0.6 is 0 Å². The molecule has 170 valence electrons. The molecule has 0 bridgehead atoms. The zero-order valence-corrected chi connectivity index (χ0v) is 18.8. The van der Waals surface area contributed by atoms with Crippen molar-refractivity contribution in [3.8, 4) is 16.9 Å². The first-order valence-corrected chi connectivity index (χ1v) is 12.2. The van der Waals surface area contributed by atoms with Crippen LogP contribution in [0, 0.1) is 0 Å². The predicted molar refractivity (Wildman–Crippen MR) is 120 cm³/mol. The average Bonchev–Trinajstić information content (AvgIpc) is 3.22. The minimum absolute atomic E-state index is 0.0423. The third-order valence-corrected chi connectivity index (χ3v) is 7.60. The van der Waals surface area contributed by atoms with Crippen molar-refractivity contribution in [2.24, 2.45) is 0 Å². The second-order valence-corrected chi connectivity index (χ2v) is 9.77. The van der Waals surface area contributed by atoms with E-state index in [4.69, 9.17) is 4.74 Å². The van der Waals surface area contributed by atoms with Gasteiger partial charge in [-0.3, -0.25) is 9.59 Å². The van der Waals surface area contributed by atoms with Gasteiger partial charge in [-0.15, -0.1) is 0 Å². The van der Waals surface area contributed by atoms with Gasteiger partial charge in [0.05, 0.1) is 40.8 Å². The van der Waals surface area contributed by atoms with Crippen LogP contribution in [0.25, 0.3) is 16.9 Å². The normalized spacial score (nSPS) is 16.6. The summed E-state index contributed by atoms with van der Waals surface area (Å²) in [7, 11) is -2.45. The second-order valence-electron chi connectivity index (χ2n) is 7.85. The van der Waals surface area contributed by atoms with Gasteiger partial charge in [0, 0.05) is 31.3 Å². The molecule has 0 unspecified atom stereocenters. The fourth-order valence-corrected chi connectivity index (χ4v) is 6.14. The Kier molecular flexibility index (Phi) is 5.26. The largest absolute Gasteiger partial charge is 0.378 e. The van der Waals surface area contributed by atoms with Crippen molar-refractivity contribution in [1.82, 2.24) is 20.0 Å². The Labute approximate surface area is 190 Å². The molecule has 1 aromatic heterocycles. The van der Waals surface area contributed by atoms with Gasteiger partial charge in [-0.25, -0.2) is 13.1 Å². The molecule has 2 aliphatic heterocycles. The second kappa shape index (κ2) is 8.13. The fourth-order valence-electron chi connectivity index (χ4n) is 4.34. The minimum atomic E-state index is -3.91. The number of carbonyl (C=O) groups excluding carboxylic acids is 2. The summed E-state index contributed by atoms with van der Waals surface area (Å²) >= 11 is 0. The zero-order valence-electron chi connectivity index (χ0n) is 17.9. The first kappa shape index (κ1) is 21.4. The number of hydrogen-bond acceptors (Lipinski definition) is 6. The van der Waals surface area contributed by atoms with Gasteiger partial charge >= 0.3 is 0 Å². The first-order valence-electron chi connectivity index (χ1n) is 10.5. The average molecular weight is 467 g/mol. The number of para-hydroxylation sites is 1. The van der Waals surface area contributed by atoms with E-state index in [1.165, 1.54) is 13.1 Å². The highest BCUT2D eigenvalue weighted by Crippen LogP contribution is 2.42. The minimum Gasteiger partial charge on any atom is -0.378 e. The lowest BCUT2D eigenvalue weighted by Gasteiger charge is -2.26. The van der Waals surface area contributed by atoms with Crippen molar-refractivity contribution >= 4 is 21.7 Å². The number of amides is 2. The molecule has 5 rings (SSSR count). The lowest BCUT2D eigenvalue weighted by Crippen LogP contribution is -2.41. The maximum absolute atomic E-state index is 13.4. The van der Waals surface area contributed by atoms with Gasteiger partial charge < -0.3 is 15.0 Å². The van der Waals surface area contributed by atoms with Gasteiger partial charge in [-0.05, 0) is 18.2 Å². The number of sulfone groups is 1. The molecule has 2 aromatic carbocycles. The van der Waals surface area contributed by atoms with Gasteiger partial charge in [0.15, 0.2) is 15.5 Å². The lowest BCUT2D eigenvalue weighted by molar-refractivity contribution is 0.0298. The van der Waals surface area contributed by atoms with Crippen molar-refractivity contribution in [1.29, 1.82) is 0 Å². The molecule has 3 aromatic rings. The third kappa shape index (κ3) is 3.51. The summed E-state index contributed by atoms with van der Waals surface area (Å²) in [5, 5.41) is 7.12. The number of ether oxygens (including phenoxy) is 1. The molecule has 1 fully saturated rings. The van der Waals surface area contributed by atoms with Crippen LogP contribution in [0.5, 0.6) is 0 Å². The number of nitrogens with one attached hydrogen (secondary N) is 1. The highest BCUT2D eigenvalue weighted by molar-refractivity contribution is 7.91. The summed E-state index contributed by atoms with van der Waals surface area (Å²) in [6.45, 7) is 1.67. The molecule has 10 heteroatoms. The maximum Gasteiger partial charge on any atom is 0.274 e. The summed E-state index contributed by atoms with van der Waals surface area (Å²) in [4.78, 5) is 27.5. The monoisotopic (exact) mass is 466 g/mol. The number of fused-ring (bicyclic) bond motifs is 3. The molecule has 0 atom stereocenters. The van der Waals surface area contributed by atoms with E-state index in [0.29, 0.717) is 48.8 Å². The van der Waals surface area contributed by atoms with Crippen LogP contribution in [-0.4, -0.2) is 68.3 Å². The molecule has 0 spiro atoms. The summed E-state index contributed by atoms with van der Waals surface area (Å²) < 4.78 is 33.8. The number of rotatable bonds is 3. The van der Waals surface area contributed by atoms with Crippen LogP contribution in [-0.2, 0) is 20.3 Å². The Morgan fingerprint density at radius 3 is 2.45 bits per heavy atom. The van der Waals surface area contributed by atoms with E-state index < -0.39 is 21.5 Å². The van der Waals surface area contributed by atoms with Crippen LogP contribution in [0.4, 0.5) is 0 Å². The molecule has 1 saturated heterocycles. The number of aromatic nitrogens is 2. The van der Waals surface area contributed by atoms with E-state index in [-0.39, 0.29) is 22.1 Å². The van der Waals surface area contributed by atoms with Crippen molar-refractivity contribution in [2.75, 3.05) is 33.4 Å². The molecule has 2 aliphatic rings. The Morgan fingerprint density at radius 2 is 1.76 bits per heavy atom. The van der Waals surface area contributed by atoms with Gasteiger partial charge in [0.1, 0.15) is 0 Å². The van der Waals surface area contributed by atoms with Gasteiger partial charge in [-0.2, -0.15) is 5.10 Å². The number of benzene rings is 2. The fraction of sp³-hybridized carbons (Fsp3) is 0.261. The molecule has 9 nitrogen and oxygen atoms in total. The van der Waals surface area contributed by atoms with E-state index >= 15 is 0 Å². The molecule has 0 aliphatic carbocycles. The van der Waals surface area contributed by atoms with Crippen LogP contribution in [0.3, 0.4) is 0 Å². The van der Waals surface area contributed by atoms with Crippen molar-refractivity contribution in [3.63, 3.8) is 0 Å². The highest BCUT2D eigenvalue weighted by Gasteiger charge is 2.39. The SMILES string of the molecule is CNC(=O)c1cccc2c1S(=O)(=O)Cc1c(C(=O)N3CCOCC3)nn(-c3ccccc3)c1-2. The molecule has 0 radical (unpaired) electrons. The van der Waals surface area contributed by atoms with Crippen molar-refractivity contribution < 1.29 is 22.7 Å². The number of morpholine rings is 1. The number of nitrogens with zero attached hydrogens (tertiary/aromatic N) is 3. The van der Waals surface area contributed by atoms with E-state index in [1.54, 1.807) is 21.7 Å². The van der Waals surface area contributed by atoms with Gasteiger partial charge in [-0.1, -0.05) is 30.3 Å². The molecular weight excluding hydrogens is 444 g/mol. The van der Waals surface area contributed by atoms with Crippen LogP contribution in [0.2, 0.25) is 0 Å². The predicted octanol–water partition coefficient (Wildman–Crippen LogP) is 1.66. The van der Waals surface area contributed by atoms with E-state index in [1.807, 2.05) is 30.3 Å². The number of carbonyl (C=O) groups is 2. The van der Waals surface area contributed by atoms with Crippen molar-refractivity contribution in [3.05, 3.63) is 65.4 Å². The van der Waals surface area contributed by atoms with Crippen LogP contribution < -0.4 is 5.32 Å². The molecule has 33 heavy (non-hydrogen) atoms. The third-order valence-electron chi connectivity index (χ3n) is 5.87. The van der Waals surface area contributed by atoms with Gasteiger partial charge in [0.25, 0.3) is 11.8 Å². The number of hydrogen-bond donors (Lipinski definition) is 1. The standard InChI is InChI=1S/C23H22N4O5S/c1-24-22(28)17-9-5-8-16-20-18(14-33(30,31)21(16)17)19(23(29)26-10-12-32-13-11-26)25-27(20)15-6-3-2-4-7-15/h2-9H,10-14H2,1H3,(H,24,28). The lowest BCUT2D eigenvalue weighted by atomic mass is 10.0. The highest BCUT2D eigenvalue weighted by atomic mass is 32.2. The molecular formula is C23H22N4O5S. The summed E-state index contributed by atoms with van der Waals surface area (Å²) in [6.07, 6.45) is 0. The maximum atomic E-state index is 13.4. The molecule has 3 heterocycles. The zero-order chi connectivity index (χ0) is 23.2. The topological polar surface area (TPSA) is 111 Å². The quantitative estimate of drug-likeness (QED) is 0.629. The Balaban J connectivity index is 1.79. The van der Waals surface area contributed by atoms with E-state index in [0.717, 1.165) is 0 Å². The Morgan fingerprint density at radius 1 is 1.03 bits per heavy atom. The summed E-state index contributed by atoms with van der Waals surface area (Å²) in [6, 6.07) is 14.0. The van der Waals surface area contributed by atoms with E-state index in [2.05, 4.69) is 10.4 Å². The summed E-state index contributed by atoms with van der Waals surface area (Å²) in [5.41, 5.74) is 2.07. The van der Waals surface area contributed by atoms with Gasteiger partial charge in [0.2, 0.25) is 0 Å². The molecule has 1 N–H and O–H groups in total. The van der Waals surface area contributed by atoms with Crippen LogP contribution in [0.15, 0.2) is 53.4 Å². The first-order chi connectivity index (χ1) is 15.9. The summed E-state index contributed by atoms with van der Waals surface area (Å²) in [5.74, 6) is -1.23. The van der Waals surface area contributed by atoms with Crippen molar-refractivity contribution in [2.45, 2.75) is 10.6 Å². The Hall–Kier alpha value is -3.50. The Bertz CT molecular complexity index is 1360. The molecule has 0 saturated carbocycles. The molecule has 2 amide bonds. The van der Waals surface area contributed by atoms with Crippen LogP contribution in [0.1, 0.15) is 26.4 Å². The smallest absolute Gasteiger partial charge is 0.274 e. The van der Waals surface area contributed by atoms with E-state index in [9.17, 15) is 18.0 Å².